The third kappa shape index (κ3) is 80.9. The number of rotatable bonds is 74. The molecule has 2 unspecified atom stereocenters. The van der Waals surface area contributed by atoms with E-state index in [1.807, 2.05) is 21.1 Å². The van der Waals surface area contributed by atoms with Gasteiger partial charge in [0.25, 0.3) is 0 Å². The lowest BCUT2D eigenvalue weighted by Crippen LogP contribution is -2.37. The number of allylic oxidation sites excluding steroid dienone is 24. The molecule has 0 saturated carbocycles. The number of carbonyl (C=O) groups excluding carboxylic acids is 2. The smallest absolute Gasteiger partial charge is 0.462 e. The second-order valence-electron chi connectivity index (χ2n) is 28.1. The molecule has 0 saturated heterocycles. The molecule has 98 heavy (non-hydrogen) atoms. The number of hydrogen-bond acceptors (Lipinski definition) is 7. The molecule has 0 spiro atoms. The highest BCUT2D eigenvalue weighted by atomic mass is 31.2. The molecule has 0 radical (unpaired) electrons. The molecule has 9 nitrogen and oxygen atoms in total. The fraction of sp³-hybridized carbons (Fsp3) is 0.705. The quantitative estimate of drug-likeness (QED) is 0.0211. The van der Waals surface area contributed by atoms with Crippen molar-refractivity contribution >= 4 is 19.8 Å². The van der Waals surface area contributed by atoms with Crippen LogP contribution >= 0.6 is 7.82 Å². The van der Waals surface area contributed by atoms with E-state index in [0.29, 0.717) is 17.4 Å². The first kappa shape index (κ1) is 93.9. The Morgan fingerprint density at radius 1 is 0.327 bits per heavy atom. The van der Waals surface area contributed by atoms with Gasteiger partial charge in [-0.15, -0.1) is 0 Å². The highest BCUT2D eigenvalue weighted by Crippen LogP contribution is 2.43. The zero-order chi connectivity index (χ0) is 71.1. The molecule has 10 heteroatoms. The number of esters is 2. The van der Waals surface area contributed by atoms with Gasteiger partial charge in [0.2, 0.25) is 0 Å². The van der Waals surface area contributed by atoms with E-state index in [-0.39, 0.29) is 32.0 Å². The van der Waals surface area contributed by atoms with E-state index in [2.05, 4.69) is 160 Å². The number of quaternary nitrogens is 1. The molecule has 0 heterocycles. The topological polar surface area (TPSA) is 108 Å². The molecule has 0 aromatic carbocycles. The van der Waals surface area contributed by atoms with E-state index < -0.39 is 26.5 Å². The molecule has 0 bridgehead atoms. The molecule has 0 aromatic heterocycles. The summed E-state index contributed by atoms with van der Waals surface area (Å²) >= 11 is 0. The molecule has 0 aliphatic heterocycles. The van der Waals surface area contributed by atoms with Gasteiger partial charge < -0.3 is 18.9 Å². The highest BCUT2D eigenvalue weighted by Gasteiger charge is 2.27. The van der Waals surface area contributed by atoms with Gasteiger partial charge in [0.15, 0.2) is 6.10 Å². The number of unbranched alkanes of at least 4 members (excludes halogenated alkanes) is 36. The second-order valence-corrected chi connectivity index (χ2v) is 29.5. The van der Waals surface area contributed by atoms with Crippen LogP contribution in [0.25, 0.3) is 0 Å². The summed E-state index contributed by atoms with van der Waals surface area (Å²) in [4.78, 5) is 36.0. The first-order valence-electron chi connectivity index (χ1n) is 40.6. The monoisotopic (exact) mass is 1380 g/mol. The molecule has 0 aromatic rings. The Bertz CT molecular complexity index is 2170. The third-order valence-electron chi connectivity index (χ3n) is 17.4. The van der Waals surface area contributed by atoms with Crippen molar-refractivity contribution in [3.8, 4) is 0 Å². The van der Waals surface area contributed by atoms with Crippen molar-refractivity contribution in [1.29, 1.82) is 0 Å². The molecule has 562 valence electrons. The Balaban J connectivity index is 4.07. The van der Waals surface area contributed by atoms with E-state index in [1.54, 1.807) is 0 Å². The highest BCUT2D eigenvalue weighted by molar-refractivity contribution is 7.47. The minimum atomic E-state index is -4.41. The molecule has 2 atom stereocenters. The van der Waals surface area contributed by atoms with Crippen LogP contribution < -0.4 is 0 Å². The average Bonchev–Trinajstić information content (AvgIpc) is 1.08. The molecular formula is C88H153NO8P+. The SMILES string of the molecule is CC/C=C\C/C=C\C/C=C\C/C=C\C/C=C\C/C=C\C/C=C\C/C=C\C/C=C\C/C=C\C/C=C\C/C=C\CCCCCCC(=O)OC(COC(=O)CCCCCCCCCCCCCCCCCCCCCCCCCCCCCCCCCCC)COP(=O)(O)OCC[N+](C)(C)C. The van der Waals surface area contributed by atoms with Gasteiger partial charge in [0.1, 0.15) is 19.8 Å². The van der Waals surface area contributed by atoms with Gasteiger partial charge in [0.05, 0.1) is 27.7 Å². The van der Waals surface area contributed by atoms with Gasteiger partial charge in [-0.1, -0.05) is 378 Å². The van der Waals surface area contributed by atoms with Crippen molar-refractivity contribution in [2.45, 2.75) is 354 Å². The van der Waals surface area contributed by atoms with Crippen LogP contribution in [0.3, 0.4) is 0 Å². The molecular weight excluding hydrogens is 1230 g/mol. The number of phosphoric acid groups is 1. The lowest BCUT2D eigenvalue weighted by Gasteiger charge is -2.24. The molecule has 0 aliphatic rings. The van der Waals surface area contributed by atoms with Gasteiger partial charge in [-0.3, -0.25) is 18.6 Å². The molecule has 0 amide bonds. The van der Waals surface area contributed by atoms with Crippen LogP contribution in [0.15, 0.2) is 146 Å². The van der Waals surface area contributed by atoms with Gasteiger partial charge >= 0.3 is 19.8 Å². The maximum Gasteiger partial charge on any atom is 0.472 e. The van der Waals surface area contributed by atoms with E-state index in [0.717, 1.165) is 122 Å². The Morgan fingerprint density at radius 2 is 0.582 bits per heavy atom. The minimum absolute atomic E-state index is 0.0209. The lowest BCUT2D eigenvalue weighted by atomic mass is 10.0. The zero-order valence-electron chi connectivity index (χ0n) is 64.2. The van der Waals surface area contributed by atoms with E-state index in [9.17, 15) is 19.0 Å². The van der Waals surface area contributed by atoms with Crippen LogP contribution in [0, 0.1) is 0 Å². The normalized spacial score (nSPS) is 13.8. The predicted octanol–water partition coefficient (Wildman–Crippen LogP) is 27.3. The maximum absolute atomic E-state index is 12.9. The number of likely N-dealkylation sites (N-methyl/N-ethyl adjacent to an activating group) is 1. The number of nitrogens with zero attached hydrogens (tertiary/aromatic N) is 1. The summed E-state index contributed by atoms with van der Waals surface area (Å²) < 4.78 is 34.8. The molecule has 0 fully saturated rings. The average molecular weight is 1380 g/mol. The van der Waals surface area contributed by atoms with E-state index in [4.69, 9.17) is 18.5 Å². The van der Waals surface area contributed by atoms with Crippen molar-refractivity contribution in [2.24, 2.45) is 0 Å². The Hall–Kier alpha value is -4.11. The number of carbonyl (C=O) groups is 2. The number of hydrogen-bond donors (Lipinski definition) is 1. The Kier molecular flexibility index (Phi) is 73.8. The summed E-state index contributed by atoms with van der Waals surface area (Å²) in [5.41, 5.74) is 0. The Labute approximate surface area is 605 Å². The fourth-order valence-corrected chi connectivity index (χ4v) is 12.0. The van der Waals surface area contributed by atoms with E-state index >= 15 is 0 Å². The standard InChI is InChI=1S/C88H152NO8P/c1-6-8-10-12-14-16-18-20-22-24-26-28-30-32-34-36-38-40-41-42-43-44-45-46-47-49-51-53-55-57-59-61-63-65-67-69-71-73-75-77-79-81-88(91)97-86(85-96-98(92,93)95-83-82-89(3,4)5)84-94-87(90)80-78-76-74-72-70-68-66-64-62-60-58-56-54-52-50-48-39-37-35-33-31-29-27-25-23-21-19-17-15-13-11-9-7-2/h8,10,14,16,20,22,26,28,32,34,38,40,42-43,45-46,49,51,55,57,61,63,67,69,86H,6-7,9,11-13,15,17-19,21,23-25,27,29-31,33,35-37,39,41,44,47-48,50,52-54,56,58-60,62,64-66,68,70-85H2,1-5H3/p+1/b10-8-,16-14-,22-20-,28-26-,34-32-,40-38-,43-42-,46-45-,51-49-,57-55-,63-61-,69-67-. The summed E-state index contributed by atoms with van der Waals surface area (Å²) in [7, 11) is 1.45. The third-order valence-corrected chi connectivity index (χ3v) is 18.4. The first-order chi connectivity index (χ1) is 48.0. The zero-order valence-corrected chi connectivity index (χ0v) is 65.1. The molecule has 0 aliphatic carbocycles. The molecule has 1 N–H and O–H groups in total. The van der Waals surface area contributed by atoms with E-state index in [1.165, 1.54) is 193 Å². The van der Waals surface area contributed by atoms with Crippen LogP contribution in [0.4, 0.5) is 0 Å². The van der Waals surface area contributed by atoms with Crippen LogP contribution in [-0.2, 0) is 32.7 Å². The summed E-state index contributed by atoms with van der Waals surface area (Å²) in [6.45, 7) is 4.32. The largest absolute Gasteiger partial charge is 0.472 e. The maximum atomic E-state index is 12.9. The van der Waals surface area contributed by atoms with Crippen molar-refractivity contribution in [2.75, 3.05) is 47.5 Å². The van der Waals surface area contributed by atoms with Crippen molar-refractivity contribution in [3.05, 3.63) is 146 Å². The first-order valence-corrected chi connectivity index (χ1v) is 42.1. The van der Waals surface area contributed by atoms with Gasteiger partial charge in [0, 0.05) is 12.8 Å². The van der Waals surface area contributed by atoms with Crippen LogP contribution in [-0.4, -0.2) is 74.9 Å². The summed E-state index contributed by atoms with van der Waals surface area (Å²) in [6, 6.07) is 0. The number of ether oxygens (including phenoxy) is 2. The summed E-state index contributed by atoms with van der Waals surface area (Å²) in [5, 5.41) is 0. The summed E-state index contributed by atoms with van der Waals surface area (Å²) in [5.74, 6) is -0.822. The fourth-order valence-electron chi connectivity index (χ4n) is 11.2. The van der Waals surface area contributed by atoms with Gasteiger partial charge in [-0.25, -0.2) is 4.57 Å². The van der Waals surface area contributed by atoms with Gasteiger partial charge in [-0.2, -0.15) is 0 Å². The van der Waals surface area contributed by atoms with Crippen LogP contribution in [0.1, 0.15) is 348 Å². The van der Waals surface area contributed by atoms with Gasteiger partial charge in [-0.05, 0) is 103 Å². The van der Waals surface area contributed by atoms with Crippen LogP contribution in [0.2, 0.25) is 0 Å². The minimum Gasteiger partial charge on any atom is -0.462 e. The Morgan fingerprint density at radius 3 is 0.867 bits per heavy atom. The number of phosphoric ester groups is 1. The van der Waals surface area contributed by atoms with Crippen molar-refractivity contribution < 1.29 is 42.1 Å². The van der Waals surface area contributed by atoms with Crippen molar-refractivity contribution in [1.82, 2.24) is 0 Å². The summed E-state index contributed by atoms with van der Waals surface area (Å²) in [6.07, 6.45) is 114. The molecule has 0 rings (SSSR count). The predicted molar refractivity (Wildman–Crippen MR) is 427 cm³/mol. The van der Waals surface area contributed by atoms with Crippen LogP contribution in [0.5, 0.6) is 0 Å². The second kappa shape index (κ2) is 77.1. The van der Waals surface area contributed by atoms with Crippen molar-refractivity contribution in [3.63, 3.8) is 0 Å². The lowest BCUT2D eigenvalue weighted by molar-refractivity contribution is -0.870.